The molecule has 5 rings (SSSR count). The molecular weight excluding hydrogens is 446 g/mol. The maximum absolute atomic E-state index is 13.2. The molecule has 0 bridgehead atoms. The number of morpholine rings is 1. The maximum Gasteiger partial charge on any atom is 0.254 e. The van der Waals surface area contributed by atoms with Crippen molar-refractivity contribution in [1.29, 1.82) is 0 Å². The molecule has 0 aliphatic carbocycles. The van der Waals surface area contributed by atoms with Crippen molar-refractivity contribution in [1.82, 2.24) is 9.88 Å². The second-order valence-corrected chi connectivity index (χ2v) is 8.71. The molecule has 1 unspecified atom stereocenters. The monoisotopic (exact) mass is 473 g/mol. The number of ether oxygens (including phenoxy) is 2. The number of benzene rings is 3. The molecule has 1 aliphatic rings. The molecule has 4 N–H and O–H groups in total. The van der Waals surface area contributed by atoms with E-state index in [2.05, 4.69) is 4.98 Å². The highest BCUT2D eigenvalue weighted by molar-refractivity contribution is 6.12. The van der Waals surface area contributed by atoms with Crippen molar-refractivity contribution in [2.24, 2.45) is 5.73 Å². The Bertz CT molecular complexity index is 1430. The summed E-state index contributed by atoms with van der Waals surface area (Å²) < 4.78 is 11.0. The van der Waals surface area contributed by atoms with Gasteiger partial charge in [0.05, 0.1) is 38.4 Å². The molecule has 0 radical (unpaired) electrons. The Morgan fingerprint density at radius 2 is 2.00 bits per heavy atom. The molecule has 8 heteroatoms. The number of carbonyl (C=O) groups is 2. The van der Waals surface area contributed by atoms with Crippen LogP contribution in [0.4, 0.5) is 0 Å². The highest BCUT2D eigenvalue weighted by Gasteiger charge is 2.25. The Balaban J connectivity index is 1.65. The van der Waals surface area contributed by atoms with Crippen molar-refractivity contribution in [3.05, 3.63) is 65.7 Å². The third-order valence-electron chi connectivity index (χ3n) is 6.45. The van der Waals surface area contributed by atoms with Gasteiger partial charge < -0.3 is 30.2 Å². The molecule has 1 aliphatic heterocycles. The smallest absolute Gasteiger partial charge is 0.254 e. The largest absolute Gasteiger partial charge is 0.496 e. The molecule has 0 saturated carbocycles. The van der Waals surface area contributed by atoms with Gasteiger partial charge in [-0.15, -0.1) is 0 Å². The van der Waals surface area contributed by atoms with Gasteiger partial charge in [-0.1, -0.05) is 18.2 Å². The van der Waals surface area contributed by atoms with Crippen LogP contribution in [-0.4, -0.2) is 66.3 Å². The standard InChI is InChI=1S/C27H27N3O5/c1-34-24-5-3-2-4-20(24)17-10-18(13-25(28)32)26-22(12-17)21-11-16(6-7-23(21)29-26)27(33)30-8-9-35-19(14-30)15-31/h2-7,10-12,19,29,31H,8-9,13-15H2,1H3,(H2,28,32). The Morgan fingerprint density at radius 1 is 1.17 bits per heavy atom. The number of carbonyl (C=O) groups excluding carboxylic acids is 2. The molecule has 180 valence electrons. The Hall–Kier alpha value is -3.88. The average Bonchev–Trinajstić information content (AvgIpc) is 3.26. The van der Waals surface area contributed by atoms with Gasteiger partial charge in [-0.2, -0.15) is 0 Å². The number of rotatable bonds is 6. The van der Waals surface area contributed by atoms with E-state index in [1.165, 1.54) is 0 Å². The summed E-state index contributed by atoms with van der Waals surface area (Å²) >= 11 is 0. The van der Waals surface area contributed by atoms with E-state index in [0.717, 1.165) is 44.2 Å². The minimum absolute atomic E-state index is 0.0778. The zero-order valence-corrected chi connectivity index (χ0v) is 19.4. The number of primary amides is 1. The summed E-state index contributed by atoms with van der Waals surface area (Å²) in [6.07, 6.45) is -0.293. The maximum atomic E-state index is 13.2. The van der Waals surface area contributed by atoms with Gasteiger partial charge in [-0.3, -0.25) is 9.59 Å². The van der Waals surface area contributed by atoms with Crippen LogP contribution in [0.2, 0.25) is 0 Å². The number of hydrogen-bond donors (Lipinski definition) is 3. The van der Waals surface area contributed by atoms with Crippen molar-refractivity contribution in [2.45, 2.75) is 12.5 Å². The fourth-order valence-electron chi connectivity index (χ4n) is 4.77. The van der Waals surface area contributed by atoms with Crippen molar-refractivity contribution in [2.75, 3.05) is 33.4 Å². The number of aromatic amines is 1. The lowest BCUT2D eigenvalue weighted by atomic mass is 9.96. The van der Waals surface area contributed by atoms with E-state index in [4.69, 9.17) is 15.2 Å². The van der Waals surface area contributed by atoms with Crippen molar-refractivity contribution >= 4 is 33.6 Å². The highest BCUT2D eigenvalue weighted by Crippen LogP contribution is 2.37. The quantitative estimate of drug-likeness (QED) is 0.398. The fourth-order valence-corrected chi connectivity index (χ4v) is 4.77. The van der Waals surface area contributed by atoms with Crippen LogP contribution < -0.4 is 10.5 Å². The molecule has 0 spiro atoms. The number of hydrogen-bond acceptors (Lipinski definition) is 5. The first kappa shape index (κ1) is 22.9. The summed E-state index contributed by atoms with van der Waals surface area (Å²) in [5.41, 5.74) is 10.4. The summed E-state index contributed by atoms with van der Waals surface area (Å²) in [5.74, 6) is 0.184. The van der Waals surface area contributed by atoms with Crippen molar-refractivity contribution in [3.8, 4) is 16.9 Å². The molecular formula is C27H27N3O5. The minimum Gasteiger partial charge on any atom is -0.496 e. The van der Waals surface area contributed by atoms with Gasteiger partial charge in [0.2, 0.25) is 5.91 Å². The van der Waals surface area contributed by atoms with Crippen LogP contribution in [-0.2, 0) is 16.0 Å². The second-order valence-electron chi connectivity index (χ2n) is 8.71. The van der Waals surface area contributed by atoms with Crippen LogP contribution in [0.3, 0.4) is 0 Å². The number of nitrogens with one attached hydrogen (secondary N) is 1. The van der Waals surface area contributed by atoms with Gasteiger partial charge in [0.1, 0.15) is 5.75 Å². The van der Waals surface area contributed by atoms with Crippen LogP contribution in [0.5, 0.6) is 5.75 Å². The molecule has 1 aromatic heterocycles. The van der Waals surface area contributed by atoms with E-state index in [-0.39, 0.29) is 25.0 Å². The lowest BCUT2D eigenvalue weighted by molar-refractivity contribution is -0.117. The fraction of sp³-hybridized carbons (Fsp3) is 0.259. The van der Waals surface area contributed by atoms with Gasteiger partial charge in [-0.05, 0) is 47.5 Å². The van der Waals surface area contributed by atoms with Crippen LogP contribution in [0, 0.1) is 0 Å². The third kappa shape index (κ3) is 4.34. The number of aliphatic hydroxyl groups is 1. The van der Waals surface area contributed by atoms with E-state index in [9.17, 15) is 14.7 Å². The number of nitrogens with zero attached hydrogens (tertiary/aromatic N) is 1. The van der Waals surface area contributed by atoms with E-state index in [0.29, 0.717) is 25.3 Å². The molecule has 1 atom stereocenters. The lowest BCUT2D eigenvalue weighted by Gasteiger charge is -2.32. The predicted molar refractivity (Wildman–Crippen MR) is 133 cm³/mol. The van der Waals surface area contributed by atoms with E-state index < -0.39 is 5.91 Å². The number of nitrogens with two attached hydrogens (primary N) is 1. The predicted octanol–water partition coefficient (Wildman–Crippen LogP) is 2.86. The normalized spacial score (nSPS) is 16.1. The number of methoxy groups -OCH3 is 1. The summed E-state index contributed by atoms with van der Waals surface area (Å²) in [7, 11) is 1.62. The van der Waals surface area contributed by atoms with Gasteiger partial charge in [0.25, 0.3) is 5.91 Å². The Labute approximate surface area is 202 Å². The van der Waals surface area contributed by atoms with Crippen LogP contribution in [0.25, 0.3) is 32.9 Å². The number of fused-ring (bicyclic) bond motifs is 3. The van der Waals surface area contributed by atoms with E-state index in [1.807, 2.05) is 48.5 Å². The summed E-state index contributed by atoms with van der Waals surface area (Å²) in [6.45, 7) is 1.09. The number of aromatic nitrogens is 1. The molecule has 1 fully saturated rings. The number of para-hydroxylation sites is 1. The summed E-state index contributed by atoms with van der Waals surface area (Å²) in [4.78, 5) is 30.2. The zero-order chi connectivity index (χ0) is 24.5. The second kappa shape index (κ2) is 9.40. The van der Waals surface area contributed by atoms with Crippen LogP contribution >= 0.6 is 0 Å². The summed E-state index contributed by atoms with van der Waals surface area (Å²) in [6, 6.07) is 17.2. The first-order valence-corrected chi connectivity index (χ1v) is 11.5. The summed E-state index contributed by atoms with van der Waals surface area (Å²) in [5, 5.41) is 11.2. The van der Waals surface area contributed by atoms with Gasteiger partial charge in [0, 0.05) is 40.5 Å². The minimum atomic E-state index is -0.427. The third-order valence-corrected chi connectivity index (χ3v) is 6.45. The Kier molecular flexibility index (Phi) is 6.15. The van der Waals surface area contributed by atoms with E-state index >= 15 is 0 Å². The zero-order valence-electron chi connectivity index (χ0n) is 19.4. The van der Waals surface area contributed by atoms with Crippen molar-refractivity contribution in [3.63, 3.8) is 0 Å². The number of H-pyrrole nitrogens is 1. The average molecular weight is 474 g/mol. The molecule has 1 saturated heterocycles. The molecule has 8 nitrogen and oxygen atoms in total. The first-order chi connectivity index (χ1) is 17.0. The topological polar surface area (TPSA) is 118 Å². The molecule has 2 amide bonds. The SMILES string of the molecule is COc1ccccc1-c1cc(CC(N)=O)c2[nH]c3ccc(C(=O)N4CCOC(CO)C4)cc3c2c1. The Morgan fingerprint density at radius 3 is 2.77 bits per heavy atom. The molecule has 3 aromatic carbocycles. The first-order valence-electron chi connectivity index (χ1n) is 11.5. The molecule has 35 heavy (non-hydrogen) atoms. The highest BCUT2D eigenvalue weighted by atomic mass is 16.5. The molecule has 4 aromatic rings. The van der Waals surface area contributed by atoms with Crippen LogP contribution in [0.1, 0.15) is 15.9 Å². The van der Waals surface area contributed by atoms with Gasteiger partial charge in [-0.25, -0.2) is 0 Å². The van der Waals surface area contributed by atoms with E-state index in [1.54, 1.807) is 18.1 Å². The van der Waals surface area contributed by atoms with Gasteiger partial charge in [0.15, 0.2) is 0 Å². The van der Waals surface area contributed by atoms with Crippen LogP contribution in [0.15, 0.2) is 54.6 Å². The lowest BCUT2D eigenvalue weighted by Crippen LogP contribution is -2.46. The molecule has 2 heterocycles. The van der Waals surface area contributed by atoms with Gasteiger partial charge >= 0.3 is 0 Å². The van der Waals surface area contributed by atoms with Crippen molar-refractivity contribution < 1.29 is 24.2 Å². The number of aliphatic hydroxyl groups excluding tert-OH is 1. The number of amides is 2.